The smallest absolute Gasteiger partial charge is 0.328 e. The summed E-state index contributed by atoms with van der Waals surface area (Å²) < 4.78 is 20.7. The monoisotopic (exact) mass is 290 g/mol. The first-order valence-electron chi connectivity index (χ1n) is 5.95. The number of hydrogen-bond acceptors (Lipinski definition) is 7. The van der Waals surface area contributed by atoms with Crippen molar-refractivity contribution in [2.24, 2.45) is 0 Å². The Morgan fingerprint density at radius 3 is 2.90 bits per heavy atom. The number of nitrogens with zero attached hydrogens (tertiary/aromatic N) is 2. The highest BCUT2D eigenvalue weighted by atomic mass is 16.7. The van der Waals surface area contributed by atoms with Crippen molar-refractivity contribution in [3.05, 3.63) is 36.0 Å². The summed E-state index contributed by atoms with van der Waals surface area (Å²) >= 11 is 0. The number of carboxylic acids is 1. The Bertz CT molecular complexity index is 680. The first-order valence-corrected chi connectivity index (χ1v) is 5.95. The van der Waals surface area contributed by atoms with Crippen molar-refractivity contribution >= 4 is 12.0 Å². The average Bonchev–Trinajstić information content (AvgIpc) is 3.12. The van der Waals surface area contributed by atoms with E-state index in [2.05, 4.69) is 14.7 Å². The summed E-state index contributed by atoms with van der Waals surface area (Å²) in [6, 6.07) is 3.28. The molecule has 1 aliphatic rings. The van der Waals surface area contributed by atoms with Gasteiger partial charge in [0.25, 0.3) is 0 Å². The van der Waals surface area contributed by atoms with E-state index < -0.39 is 5.97 Å². The van der Waals surface area contributed by atoms with Gasteiger partial charge in [0.1, 0.15) is 5.75 Å². The Morgan fingerprint density at radius 1 is 1.38 bits per heavy atom. The Hall–Kier alpha value is -3.03. The molecular formula is C13H10N2O6. The number of rotatable bonds is 5. The van der Waals surface area contributed by atoms with Gasteiger partial charge in [-0.3, -0.25) is 0 Å². The zero-order valence-electron chi connectivity index (χ0n) is 10.7. The lowest BCUT2D eigenvalue weighted by atomic mass is 10.1. The van der Waals surface area contributed by atoms with Crippen molar-refractivity contribution in [3.63, 3.8) is 0 Å². The maximum absolute atomic E-state index is 10.6. The third-order valence-corrected chi connectivity index (χ3v) is 2.67. The molecule has 3 rings (SSSR count). The zero-order valence-corrected chi connectivity index (χ0v) is 10.7. The van der Waals surface area contributed by atoms with Crippen LogP contribution >= 0.6 is 0 Å². The molecule has 1 aromatic carbocycles. The lowest BCUT2D eigenvalue weighted by molar-refractivity contribution is -0.131. The van der Waals surface area contributed by atoms with Crippen LogP contribution in [0.3, 0.4) is 0 Å². The summed E-state index contributed by atoms with van der Waals surface area (Å²) in [6.07, 6.45) is 3.62. The fraction of sp³-hybridized carbons (Fsp3) is 0.154. The number of hydrogen-bond donors (Lipinski definition) is 1. The standard InChI is InChI=1S/C13H10N2O6/c16-13(17)2-1-8-3-10-11(20-7-19-10)4-9(8)18-5-12-14-6-21-15-12/h1-4,6H,5,7H2,(H,16,17). The van der Waals surface area contributed by atoms with Crippen molar-refractivity contribution in [1.82, 2.24) is 10.1 Å². The van der Waals surface area contributed by atoms with E-state index in [4.69, 9.17) is 19.3 Å². The SMILES string of the molecule is O=C(O)C=Cc1cc2c(cc1OCc1ncon1)OCO2. The number of fused-ring (bicyclic) bond motifs is 1. The molecule has 0 atom stereocenters. The van der Waals surface area contributed by atoms with Crippen molar-refractivity contribution in [2.75, 3.05) is 6.79 Å². The highest BCUT2D eigenvalue weighted by Gasteiger charge is 2.17. The molecule has 0 aliphatic carbocycles. The van der Waals surface area contributed by atoms with Gasteiger partial charge in [-0.25, -0.2) is 4.79 Å². The molecule has 2 heterocycles. The summed E-state index contributed by atoms with van der Waals surface area (Å²) in [4.78, 5) is 14.5. The summed E-state index contributed by atoms with van der Waals surface area (Å²) in [5.74, 6) is 0.816. The fourth-order valence-electron chi connectivity index (χ4n) is 1.75. The van der Waals surface area contributed by atoms with E-state index in [-0.39, 0.29) is 13.4 Å². The number of carboxylic acid groups (broad SMARTS) is 1. The van der Waals surface area contributed by atoms with Gasteiger partial charge in [-0.2, -0.15) is 4.98 Å². The van der Waals surface area contributed by atoms with Crippen LogP contribution in [0, 0.1) is 0 Å². The fourth-order valence-corrected chi connectivity index (χ4v) is 1.75. The average molecular weight is 290 g/mol. The van der Waals surface area contributed by atoms with Crippen LogP contribution in [0.25, 0.3) is 6.08 Å². The quantitative estimate of drug-likeness (QED) is 0.825. The molecule has 21 heavy (non-hydrogen) atoms. The van der Waals surface area contributed by atoms with E-state index in [1.807, 2.05) is 0 Å². The van der Waals surface area contributed by atoms with Gasteiger partial charge in [0.05, 0.1) is 0 Å². The van der Waals surface area contributed by atoms with E-state index >= 15 is 0 Å². The predicted molar refractivity (Wildman–Crippen MR) is 67.9 cm³/mol. The number of aliphatic carboxylic acids is 1. The Labute approximate surface area is 118 Å². The Kier molecular flexibility index (Phi) is 3.42. The second-order valence-corrected chi connectivity index (χ2v) is 4.05. The van der Waals surface area contributed by atoms with Gasteiger partial charge in [-0.15, -0.1) is 0 Å². The Morgan fingerprint density at radius 2 is 2.19 bits per heavy atom. The number of aromatic nitrogens is 2. The third-order valence-electron chi connectivity index (χ3n) is 2.67. The van der Waals surface area contributed by atoms with Crippen LogP contribution in [0.2, 0.25) is 0 Å². The van der Waals surface area contributed by atoms with Gasteiger partial charge in [-0.05, 0) is 12.1 Å². The van der Waals surface area contributed by atoms with Gasteiger partial charge in [0.2, 0.25) is 19.0 Å². The minimum absolute atomic E-state index is 0.0874. The molecule has 0 saturated carbocycles. The molecule has 0 amide bonds. The van der Waals surface area contributed by atoms with Gasteiger partial charge in [-0.1, -0.05) is 5.16 Å². The second kappa shape index (κ2) is 5.53. The van der Waals surface area contributed by atoms with Crippen molar-refractivity contribution in [2.45, 2.75) is 6.61 Å². The minimum atomic E-state index is -1.06. The normalized spacial score (nSPS) is 12.8. The molecule has 0 radical (unpaired) electrons. The molecule has 1 aliphatic heterocycles. The Balaban J connectivity index is 1.87. The van der Waals surface area contributed by atoms with E-state index in [1.54, 1.807) is 12.1 Å². The maximum Gasteiger partial charge on any atom is 0.328 e. The van der Waals surface area contributed by atoms with Crippen molar-refractivity contribution in [3.8, 4) is 17.2 Å². The topological polar surface area (TPSA) is 104 Å². The first-order chi connectivity index (χ1) is 10.2. The van der Waals surface area contributed by atoms with Crippen LogP contribution < -0.4 is 14.2 Å². The van der Waals surface area contributed by atoms with E-state index in [0.29, 0.717) is 28.6 Å². The molecule has 0 fully saturated rings. The van der Waals surface area contributed by atoms with Crippen LogP contribution in [0.5, 0.6) is 17.2 Å². The van der Waals surface area contributed by atoms with Crippen molar-refractivity contribution in [1.29, 1.82) is 0 Å². The van der Waals surface area contributed by atoms with Crippen LogP contribution in [-0.2, 0) is 11.4 Å². The molecular weight excluding hydrogens is 280 g/mol. The van der Waals surface area contributed by atoms with Gasteiger partial charge >= 0.3 is 5.97 Å². The number of benzene rings is 1. The predicted octanol–water partition coefficient (Wildman–Crippen LogP) is 1.48. The molecule has 0 bridgehead atoms. The number of ether oxygens (including phenoxy) is 3. The van der Waals surface area contributed by atoms with E-state index in [0.717, 1.165) is 6.08 Å². The highest BCUT2D eigenvalue weighted by Crippen LogP contribution is 2.38. The lowest BCUT2D eigenvalue weighted by Crippen LogP contribution is -1.99. The summed E-state index contributed by atoms with van der Waals surface area (Å²) in [5.41, 5.74) is 0.546. The minimum Gasteiger partial charge on any atom is -0.485 e. The number of carbonyl (C=O) groups is 1. The highest BCUT2D eigenvalue weighted by molar-refractivity contribution is 5.86. The molecule has 0 unspecified atom stereocenters. The van der Waals surface area contributed by atoms with Crippen LogP contribution in [-0.4, -0.2) is 28.0 Å². The summed E-state index contributed by atoms with van der Waals surface area (Å²) in [7, 11) is 0. The molecule has 8 nitrogen and oxygen atoms in total. The lowest BCUT2D eigenvalue weighted by Gasteiger charge is -2.08. The van der Waals surface area contributed by atoms with Gasteiger partial charge < -0.3 is 23.8 Å². The van der Waals surface area contributed by atoms with Crippen LogP contribution in [0.15, 0.2) is 29.1 Å². The first kappa shape index (κ1) is 13.0. The molecule has 8 heteroatoms. The van der Waals surface area contributed by atoms with Crippen molar-refractivity contribution < 1.29 is 28.6 Å². The molecule has 1 N–H and O–H groups in total. The third kappa shape index (κ3) is 2.94. The van der Waals surface area contributed by atoms with E-state index in [9.17, 15) is 4.79 Å². The summed E-state index contributed by atoms with van der Waals surface area (Å²) in [5, 5.41) is 12.4. The van der Waals surface area contributed by atoms with E-state index in [1.165, 1.54) is 12.5 Å². The van der Waals surface area contributed by atoms with Crippen LogP contribution in [0.4, 0.5) is 0 Å². The molecule has 2 aromatic rings. The largest absolute Gasteiger partial charge is 0.485 e. The molecule has 108 valence electrons. The zero-order chi connectivity index (χ0) is 14.7. The molecule has 0 saturated heterocycles. The maximum atomic E-state index is 10.6. The van der Waals surface area contributed by atoms with Gasteiger partial charge in [0, 0.05) is 17.7 Å². The van der Waals surface area contributed by atoms with Gasteiger partial charge in [0.15, 0.2) is 18.1 Å². The second-order valence-electron chi connectivity index (χ2n) is 4.05. The summed E-state index contributed by atoms with van der Waals surface area (Å²) in [6.45, 7) is 0.204. The molecule has 0 spiro atoms. The van der Waals surface area contributed by atoms with Crippen LogP contribution in [0.1, 0.15) is 11.4 Å². The molecule has 1 aromatic heterocycles.